The van der Waals surface area contributed by atoms with Crippen LogP contribution in [0.25, 0.3) is 0 Å². The third kappa shape index (κ3) is 2.90. The van der Waals surface area contributed by atoms with Crippen molar-refractivity contribution in [2.75, 3.05) is 6.61 Å². The van der Waals surface area contributed by atoms with Gasteiger partial charge in [0.1, 0.15) is 11.9 Å². The number of aromatic nitrogens is 2. The fourth-order valence-corrected chi connectivity index (χ4v) is 1.49. The maximum absolute atomic E-state index is 11.6. The van der Waals surface area contributed by atoms with Crippen LogP contribution in [0.4, 0.5) is 0 Å². The highest BCUT2D eigenvalue weighted by Gasteiger charge is 2.18. The van der Waals surface area contributed by atoms with Crippen LogP contribution in [0.5, 0.6) is 0 Å². The third-order valence-electron chi connectivity index (χ3n) is 2.33. The average molecular weight is 225 g/mol. The molecule has 16 heavy (non-hydrogen) atoms. The van der Waals surface area contributed by atoms with Crippen molar-refractivity contribution in [3.8, 4) is 0 Å². The van der Waals surface area contributed by atoms with Gasteiger partial charge in [0, 0.05) is 24.9 Å². The van der Waals surface area contributed by atoms with Crippen LogP contribution in [0.1, 0.15) is 38.3 Å². The summed E-state index contributed by atoms with van der Waals surface area (Å²) < 4.78 is 5.55. The Labute approximate surface area is 95.0 Å². The van der Waals surface area contributed by atoms with E-state index in [4.69, 9.17) is 10.5 Å². The number of nitrogens with two attached hydrogens (primary N) is 1. The Bertz CT molecular complexity index is 387. The van der Waals surface area contributed by atoms with E-state index in [0.717, 1.165) is 0 Å². The van der Waals surface area contributed by atoms with E-state index in [2.05, 4.69) is 9.97 Å². The summed E-state index contributed by atoms with van der Waals surface area (Å²) in [5, 5.41) is 0. The molecule has 1 aromatic rings. The molecule has 0 aliphatic rings. The lowest BCUT2D eigenvalue weighted by Crippen LogP contribution is -2.23. The monoisotopic (exact) mass is 225 g/mol. The summed E-state index contributed by atoms with van der Waals surface area (Å²) in [6.45, 7) is 6.75. The number of hydrogen-bond acceptors (Lipinski definition) is 4. The molecule has 0 amide bonds. The second-order valence-electron chi connectivity index (χ2n) is 3.95. The van der Waals surface area contributed by atoms with E-state index in [0.29, 0.717) is 18.0 Å². The zero-order valence-electron chi connectivity index (χ0n) is 9.99. The molecule has 1 heterocycles. The summed E-state index contributed by atoms with van der Waals surface area (Å²) in [5.74, 6) is 0.825. The van der Waals surface area contributed by atoms with Crippen molar-refractivity contribution < 1.29 is 4.74 Å². The van der Waals surface area contributed by atoms with Gasteiger partial charge in [0.15, 0.2) is 0 Å². The Morgan fingerprint density at radius 3 is 2.69 bits per heavy atom. The maximum atomic E-state index is 11.6. The molecule has 0 saturated carbocycles. The van der Waals surface area contributed by atoms with Crippen molar-refractivity contribution >= 4 is 0 Å². The van der Waals surface area contributed by atoms with Crippen LogP contribution in [0.15, 0.2) is 11.0 Å². The summed E-state index contributed by atoms with van der Waals surface area (Å²) in [7, 11) is 0. The lowest BCUT2D eigenvalue weighted by Gasteiger charge is -2.19. The van der Waals surface area contributed by atoms with Crippen LogP contribution in [0, 0.1) is 5.92 Å². The van der Waals surface area contributed by atoms with Gasteiger partial charge in [0.25, 0.3) is 5.56 Å². The first-order valence-corrected chi connectivity index (χ1v) is 5.49. The number of hydrogen-bond donors (Lipinski definition) is 2. The van der Waals surface area contributed by atoms with Crippen LogP contribution in [-0.2, 0) is 11.3 Å². The van der Waals surface area contributed by atoms with Gasteiger partial charge in [-0.05, 0) is 12.8 Å². The van der Waals surface area contributed by atoms with Gasteiger partial charge in [-0.3, -0.25) is 4.79 Å². The molecule has 0 aliphatic carbocycles. The first kappa shape index (κ1) is 12.9. The lowest BCUT2D eigenvalue weighted by atomic mass is 10.1. The molecule has 0 aromatic carbocycles. The number of rotatable bonds is 5. The summed E-state index contributed by atoms with van der Waals surface area (Å²) in [6, 6.07) is 0. The fraction of sp³-hybridized carbons (Fsp3) is 0.636. The Hall–Kier alpha value is -1.20. The highest BCUT2D eigenvalue weighted by molar-refractivity contribution is 5.06. The first-order chi connectivity index (χ1) is 7.60. The molecule has 0 aliphatic heterocycles. The van der Waals surface area contributed by atoms with Gasteiger partial charge < -0.3 is 15.5 Å². The lowest BCUT2D eigenvalue weighted by molar-refractivity contribution is 0.0230. The minimum atomic E-state index is -0.183. The molecule has 0 fully saturated rings. The molecule has 1 rings (SSSR count). The van der Waals surface area contributed by atoms with Crippen molar-refractivity contribution in [1.82, 2.24) is 9.97 Å². The van der Waals surface area contributed by atoms with E-state index in [1.807, 2.05) is 20.8 Å². The molecule has 0 spiro atoms. The van der Waals surface area contributed by atoms with Crippen LogP contribution in [-0.4, -0.2) is 16.6 Å². The number of aromatic amines is 1. The largest absolute Gasteiger partial charge is 0.370 e. The fourth-order valence-electron chi connectivity index (χ4n) is 1.49. The van der Waals surface area contributed by atoms with Gasteiger partial charge in [-0.1, -0.05) is 13.8 Å². The Balaban J connectivity index is 3.02. The number of H-pyrrole nitrogens is 1. The smallest absolute Gasteiger partial charge is 0.255 e. The summed E-state index contributed by atoms with van der Waals surface area (Å²) in [6.07, 6.45) is 1.34. The molecule has 90 valence electrons. The summed E-state index contributed by atoms with van der Waals surface area (Å²) in [4.78, 5) is 18.5. The number of nitrogens with one attached hydrogen (secondary N) is 1. The van der Waals surface area contributed by atoms with Gasteiger partial charge in [0.2, 0.25) is 0 Å². The quantitative estimate of drug-likeness (QED) is 0.782. The van der Waals surface area contributed by atoms with Crippen LogP contribution >= 0.6 is 0 Å². The van der Waals surface area contributed by atoms with Crippen molar-refractivity contribution in [3.63, 3.8) is 0 Å². The molecule has 5 nitrogen and oxygen atoms in total. The molecular weight excluding hydrogens is 206 g/mol. The van der Waals surface area contributed by atoms with Gasteiger partial charge in [-0.25, -0.2) is 4.98 Å². The van der Waals surface area contributed by atoms with Crippen molar-refractivity contribution in [2.45, 2.75) is 33.4 Å². The Morgan fingerprint density at radius 1 is 1.56 bits per heavy atom. The second kappa shape index (κ2) is 5.77. The minimum Gasteiger partial charge on any atom is -0.370 e. The summed E-state index contributed by atoms with van der Waals surface area (Å²) in [5.41, 5.74) is 5.71. The zero-order chi connectivity index (χ0) is 12.1. The normalized spacial score (nSPS) is 13.1. The maximum Gasteiger partial charge on any atom is 0.255 e. The summed E-state index contributed by atoms with van der Waals surface area (Å²) >= 11 is 0. The van der Waals surface area contributed by atoms with Crippen molar-refractivity contribution in [3.05, 3.63) is 27.9 Å². The molecule has 1 aromatic heterocycles. The van der Waals surface area contributed by atoms with Gasteiger partial charge in [0.05, 0.1) is 0 Å². The molecular formula is C11H19N3O2. The molecule has 3 N–H and O–H groups in total. The Morgan fingerprint density at radius 2 is 2.25 bits per heavy atom. The standard InChI is InChI=1S/C11H19N3O2/c1-4-16-9(7(2)3)10-13-6-8(5-12)11(15)14-10/h6-7,9H,4-5,12H2,1-3H3,(H,13,14,15). The first-order valence-electron chi connectivity index (χ1n) is 5.49. The Kier molecular flexibility index (Phi) is 4.64. The van der Waals surface area contributed by atoms with E-state index in [-0.39, 0.29) is 24.1 Å². The minimum absolute atomic E-state index is 0.176. The topological polar surface area (TPSA) is 81.0 Å². The van der Waals surface area contributed by atoms with Crippen LogP contribution < -0.4 is 11.3 Å². The predicted octanol–water partition coefficient (Wildman–Crippen LogP) is 0.962. The SMILES string of the molecule is CCOC(c1ncc(CN)c(=O)[nH]1)C(C)C. The van der Waals surface area contributed by atoms with E-state index in [1.165, 1.54) is 6.20 Å². The molecule has 5 heteroatoms. The predicted molar refractivity (Wildman–Crippen MR) is 62.0 cm³/mol. The molecule has 1 atom stereocenters. The highest BCUT2D eigenvalue weighted by atomic mass is 16.5. The van der Waals surface area contributed by atoms with Gasteiger partial charge in [-0.15, -0.1) is 0 Å². The van der Waals surface area contributed by atoms with Crippen LogP contribution in [0.2, 0.25) is 0 Å². The highest BCUT2D eigenvalue weighted by Crippen LogP contribution is 2.21. The molecule has 1 unspecified atom stereocenters. The molecule has 0 radical (unpaired) electrons. The average Bonchev–Trinajstić information content (AvgIpc) is 2.25. The molecule has 0 bridgehead atoms. The zero-order valence-corrected chi connectivity index (χ0v) is 9.99. The third-order valence-corrected chi connectivity index (χ3v) is 2.33. The second-order valence-corrected chi connectivity index (χ2v) is 3.95. The van der Waals surface area contributed by atoms with E-state index in [9.17, 15) is 4.79 Å². The van der Waals surface area contributed by atoms with Gasteiger partial charge >= 0.3 is 0 Å². The molecule has 0 saturated heterocycles. The number of nitrogens with zero attached hydrogens (tertiary/aromatic N) is 1. The van der Waals surface area contributed by atoms with Crippen molar-refractivity contribution in [1.29, 1.82) is 0 Å². The van der Waals surface area contributed by atoms with E-state index < -0.39 is 0 Å². The van der Waals surface area contributed by atoms with Crippen LogP contribution in [0.3, 0.4) is 0 Å². The van der Waals surface area contributed by atoms with Crippen molar-refractivity contribution in [2.24, 2.45) is 11.7 Å². The van der Waals surface area contributed by atoms with Gasteiger partial charge in [-0.2, -0.15) is 0 Å². The number of ether oxygens (including phenoxy) is 1. The van der Waals surface area contributed by atoms with E-state index >= 15 is 0 Å². The van der Waals surface area contributed by atoms with E-state index in [1.54, 1.807) is 0 Å².